The summed E-state index contributed by atoms with van der Waals surface area (Å²) in [6.07, 6.45) is -0.305. The zero-order valence-electron chi connectivity index (χ0n) is 15.5. The van der Waals surface area contributed by atoms with Crippen LogP contribution in [0.25, 0.3) is 11.1 Å². The second kappa shape index (κ2) is 6.63. The lowest BCUT2D eigenvalue weighted by atomic mass is 9.85. The average Bonchev–Trinajstić information content (AvgIpc) is 2.75. The molecule has 1 aliphatic rings. The van der Waals surface area contributed by atoms with E-state index in [1.54, 1.807) is 0 Å². The topological polar surface area (TPSA) is 58.6 Å². The Morgan fingerprint density at radius 3 is 2.62 bits per heavy atom. The molecule has 1 atom stereocenters. The molecule has 1 amide bonds. The van der Waals surface area contributed by atoms with Crippen LogP contribution in [-0.4, -0.2) is 17.3 Å². The predicted molar refractivity (Wildman–Crippen MR) is 99.0 cm³/mol. The molecule has 1 aliphatic carbocycles. The minimum absolute atomic E-state index is 0.0340. The normalized spacial score (nSPS) is 17.8. The molecule has 0 spiro atoms. The van der Waals surface area contributed by atoms with Gasteiger partial charge in [0, 0.05) is 6.07 Å². The van der Waals surface area contributed by atoms with Crippen molar-refractivity contribution in [1.82, 2.24) is 5.32 Å². The fraction of sp³-hybridized carbons (Fsp3) is 0.381. The van der Waals surface area contributed by atoms with Gasteiger partial charge in [-0.1, -0.05) is 32.0 Å². The lowest BCUT2D eigenvalue weighted by molar-refractivity contribution is 0.175. The standard InChI is InChI=1S/C21H24FNO3/c1-12(2)26-17-9-14(8-16(22)10-17)13-5-6-18-15(7-13)11-21(3,4)19(18)23-20(24)25/h5-10,12,19,23H,11H2,1-4H3,(H,24,25)/t19-/m0/s1. The van der Waals surface area contributed by atoms with Crippen LogP contribution in [0.1, 0.15) is 44.9 Å². The number of halogens is 1. The number of hydrogen-bond acceptors (Lipinski definition) is 2. The molecule has 2 aromatic rings. The number of carboxylic acid groups (broad SMARTS) is 1. The Morgan fingerprint density at radius 1 is 1.23 bits per heavy atom. The molecule has 0 heterocycles. The Hall–Kier alpha value is -2.56. The second-order valence-corrected chi connectivity index (χ2v) is 7.80. The van der Waals surface area contributed by atoms with Crippen LogP contribution in [0.4, 0.5) is 9.18 Å². The molecule has 0 aromatic heterocycles. The summed E-state index contributed by atoms with van der Waals surface area (Å²) in [6.45, 7) is 7.89. The third-order valence-electron chi connectivity index (χ3n) is 4.73. The van der Waals surface area contributed by atoms with E-state index >= 15 is 0 Å². The summed E-state index contributed by atoms with van der Waals surface area (Å²) < 4.78 is 19.6. The number of nitrogens with one attached hydrogen (secondary N) is 1. The van der Waals surface area contributed by atoms with E-state index in [-0.39, 0.29) is 23.4 Å². The maximum Gasteiger partial charge on any atom is 0.405 e. The van der Waals surface area contributed by atoms with Gasteiger partial charge < -0.3 is 15.2 Å². The van der Waals surface area contributed by atoms with Crippen molar-refractivity contribution in [3.8, 4) is 16.9 Å². The molecular formula is C21H24FNO3. The summed E-state index contributed by atoms with van der Waals surface area (Å²) in [4.78, 5) is 11.1. The van der Waals surface area contributed by atoms with E-state index in [4.69, 9.17) is 9.84 Å². The molecule has 0 bridgehead atoms. The van der Waals surface area contributed by atoms with Crippen molar-refractivity contribution in [2.45, 2.75) is 46.3 Å². The molecule has 0 saturated carbocycles. The third-order valence-corrected chi connectivity index (χ3v) is 4.73. The molecule has 4 nitrogen and oxygen atoms in total. The van der Waals surface area contributed by atoms with Gasteiger partial charge in [0.1, 0.15) is 11.6 Å². The summed E-state index contributed by atoms with van der Waals surface area (Å²) in [5.74, 6) is 0.158. The summed E-state index contributed by atoms with van der Waals surface area (Å²) in [6, 6.07) is 10.3. The summed E-state index contributed by atoms with van der Waals surface area (Å²) in [5, 5.41) is 11.8. The molecule has 3 rings (SSSR count). The van der Waals surface area contributed by atoms with E-state index in [0.29, 0.717) is 5.75 Å². The molecule has 138 valence electrons. The van der Waals surface area contributed by atoms with Gasteiger partial charge in [0.05, 0.1) is 12.1 Å². The molecule has 2 N–H and O–H groups in total. The fourth-order valence-corrected chi connectivity index (χ4v) is 3.70. The highest BCUT2D eigenvalue weighted by molar-refractivity contribution is 5.69. The molecule has 5 heteroatoms. The van der Waals surface area contributed by atoms with Gasteiger partial charge in [-0.25, -0.2) is 9.18 Å². The second-order valence-electron chi connectivity index (χ2n) is 7.80. The maximum atomic E-state index is 14.0. The van der Waals surface area contributed by atoms with Crippen molar-refractivity contribution in [3.05, 3.63) is 53.3 Å². The number of carbonyl (C=O) groups is 1. The SMILES string of the molecule is CC(C)Oc1cc(F)cc(-c2ccc3c(c2)CC(C)(C)[C@H]3NC(=O)O)c1. The van der Waals surface area contributed by atoms with Crippen LogP contribution >= 0.6 is 0 Å². The van der Waals surface area contributed by atoms with Crippen molar-refractivity contribution in [2.75, 3.05) is 0 Å². The first-order chi connectivity index (χ1) is 12.2. The van der Waals surface area contributed by atoms with Gasteiger partial charge in [0.15, 0.2) is 0 Å². The highest BCUT2D eigenvalue weighted by Crippen LogP contribution is 2.46. The van der Waals surface area contributed by atoms with Crippen molar-refractivity contribution in [2.24, 2.45) is 5.41 Å². The van der Waals surface area contributed by atoms with Crippen LogP contribution in [0.3, 0.4) is 0 Å². The summed E-state index contributed by atoms with van der Waals surface area (Å²) in [5.41, 5.74) is 3.49. The number of rotatable bonds is 4. The van der Waals surface area contributed by atoms with Crippen LogP contribution in [0.15, 0.2) is 36.4 Å². The maximum absolute atomic E-state index is 14.0. The van der Waals surface area contributed by atoms with Crippen LogP contribution in [0.5, 0.6) is 5.75 Å². The minimum atomic E-state index is -1.03. The molecule has 2 aromatic carbocycles. The number of benzene rings is 2. The smallest absolute Gasteiger partial charge is 0.405 e. The van der Waals surface area contributed by atoms with Crippen molar-refractivity contribution >= 4 is 6.09 Å². The molecule has 0 unspecified atom stereocenters. The van der Waals surface area contributed by atoms with E-state index in [2.05, 4.69) is 5.32 Å². The lowest BCUT2D eigenvalue weighted by Gasteiger charge is -2.27. The number of ether oxygens (including phenoxy) is 1. The highest BCUT2D eigenvalue weighted by atomic mass is 19.1. The molecule has 0 radical (unpaired) electrons. The largest absolute Gasteiger partial charge is 0.491 e. The van der Waals surface area contributed by atoms with E-state index in [1.807, 2.05) is 52.0 Å². The van der Waals surface area contributed by atoms with E-state index in [9.17, 15) is 9.18 Å². The van der Waals surface area contributed by atoms with Crippen LogP contribution in [0.2, 0.25) is 0 Å². The summed E-state index contributed by atoms with van der Waals surface area (Å²) >= 11 is 0. The van der Waals surface area contributed by atoms with E-state index < -0.39 is 6.09 Å². The first kappa shape index (κ1) is 18.2. The molecule has 26 heavy (non-hydrogen) atoms. The molecule has 0 aliphatic heterocycles. The Kier molecular flexibility index (Phi) is 4.65. The Bertz CT molecular complexity index is 845. The van der Waals surface area contributed by atoms with Gasteiger partial charge in [0.25, 0.3) is 0 Å². The molecule has 0 fully saturated rings. The van der Waals surface area contributed by atoms with Gasteiger partial charge >= 0.3 is 6.09 Å². The van der Waals surface area contributed by atoms with E-state index in [0.717, 1.165) is 28.7 Å². The monoisotopic (exact) mass is 357 g/mol. The predicted octanol–water partition coefficient (Wildman–Crippen LogP) is 5.17. The quantitative estimate of drug-likeness (QED) is 0.793. The number of amides is 1. The van der Waals surface area contributed by atoms with Gasteiger partial charge in [-0.3, -0.25) is 0 Å². The van der Waals surface area contributed by atoms with Crippen LogP contribution < -0.4 is 10.1 Å². The Labute approximate surface area is 153 Å². The van der Waals surface area contributed by atoms with Crippen molar-refractivity contribution in [1.29, 1.82) is 0 Å². The summed E-state index contributed by atoms with van der Waals surface area (Å²) in [7, 11) is 0. The van der Waals surface area contributed by atoms with Gasteiger partial charge in [-0.05, 0) is 60.1 Å². The first-order valence-electron chi connectivity index (χ1n) is 8.75. The minimum Gasteiger partial charge on any atom is -0.491 e. The van der Waals surface area contributed by atoms with Crippen LogP contribution in [0, 0.1) is 11.2 Å². The zero-order valence-corrected chi connectivity index (χ0v) is 15.5. The van der Waals surface area contributed by atoms with Gasteiger partial charge in [0.2, 0.25) is 0 Å². The molecular weight excluding hydrogens is 333 g/mol. The molecule has 0 saturated heterocycles. The van der Waals surface area contributed by atoms with Gasteiger partial charge in [-0.2, -0.15) is 0 Å². The number of hydrogen-bond donors (Lipinski definition) is 2. The zero-order chi connectivity index (χ0) is 19.1. The number of fused-ring (bicyclic) bond motifs is 1. The van der Waals surface area contributed by atoms with E-state index in [1.165, 1.54) is 12.1 Å². The lowest BCUT2D eigenvalue weighted by Crippen LogP contribution is -2.34. The Morgan fingerprint density at radius 2 is 1.96 bits per heavy atom. The average molecular weight is 357 g/mol. The first-order valence-corrected chi connectivity index (χ1v) is 8.75. The van der Waals surface area contributed by atoms with Crippen molar-refractivity contribution < 1.29 is 19.0 Å². The highest BCUT2D eigenvalue weighted by Gasteiger charge is 2.40. The van der Waals surface area contributed by atoms with Crippen LogP contribution in [-0.2, 0) is 6.42 Å². The fourth-order valence-electron chi connectivity index (χ4n) is 3.70. The van der Waals surface area contributed by atoms with Gasteiger partial charge in [-0.15, -0.1) is 0 Å². The third kappa shape index (κ3) is 3.66. The Balaban J connectivity index is 1.98. The van der Waals surface area contributed by atoms with Crippen molar-refractivity contribution in [3.63, 3.8) is 0 Å².